The maximum Gasteiger partial charge on any atom is 0.253 e. The summed E-state index contributed by atoms with van der Waals surface area (Å²) in [6.45, 7) is 3.71. The van der Waals surface area contributed by atoms with Crippen molar-refractivity contribution < 1.29 is 14.0 Å². The first kappa shape index (κ1) is 21.5. The monoisotopic (exact) mass is 423 g/mol. The fourth-order valence-corrected chi connectivity index (χ4v) is 4.68. The van der Waals surface area contributed by atoms with Crippen LogP contribution in [0.1, 0.15) is 47.6 Å². The molecular formula is C25H30FN3O2. The molecule has 0 aliphatic carbocycles. The van der Waals surface area contributed by atoms with Gasteiger partial charge in [0, 0.05) is 25.2 Å². The van der Waals surface area contributed by atoms with Crippen molar-refractivity contribution in [2.75, 3.05) is 32.7 Å². The van der Waals surface area contributed by atoms with Crippen LogP contribution in [0.15, 0.2) is 54.6 Å². The van der Waals surface area contributed by atoms with Gasteiger partial charge in [0.1, 0.15) is 5.82 Å². The Hall–Kier alpha value is -2.73. The summed E-state index contributed by atoms with van der Waals surface area (Å²) in [5.74, 6) is -0.708. The highest BCUT2D eigenvalue weighted by atomic mass is 19.1. The Labute approximate surface area is 183 Å². The highest BCUT2D eigenvalue weighted by Gasteiger charge is 2.30. The Morgan fingerprint density at radius 2 is 1.68 bits per heavy atom. The van der Waals surface area contributed by atoms with Crippen molar-refractivity contribution >= 4 is 11.8 Å². The summed E-state index contributed by atoms with van der Waals surface area (Å²) in [6, 6.07) is 16.1. The molecule has 2 fully saturated rings. The number of nitrogens with one attached hydrogen (secondary N) is 1. The van der Waals surface area contributed by atoms with Gasteiger partial charge in [-0.05, 0) is 68.6 Å². The van der Waals surface area contributed by atoms with Gasteiger partial charge in [-0.15, -0.1) is 0 Å². The third kappa shape index (κ3) is 5.31. The van der Waals surface area contributed by atoms with Crippen molar-refractivity contribution in [3.8, 4) is 0 Å². The lowest BCUT2D eigenvalue weighted by molar-refractivity contribution is -0.126. The lowest BCUT2D eigenvalue weighted by Crippen LogP contribution is -2.47. The molecule has 5 nitrogen and oxygen atoms in total. The topological polar surface area (TPSA) is 52.7 Å². The molecule has 0 bridgehead atoms. The zero-order chi connectivity index (χ0) is 21.6. The van der Waals surface area contributed by atoms with Crippen LogP contribution in [0.5, 0.6) is 0 Å². The number of hydrogen-bond acceptors (Lipinski definition) is 3. The average Bonchev–Trinajstić information content (AvgIpc) is 3.34. The molecule has 31 heavy (non-hydrogen) atoms. The van der Waals surface area contributed by atoms with Gasteiger partial charge in [-0.1, -0.05) is 30.3 Å². The smallest absolute Gasteiger partial charge is 0.253 e. The SMILES string of the molecule is O=C(NC[C@@H](c1ccccc1)N1CCCC1)[C@@H]1CCCN(C(=O)c2ccc(F)cc2)C1. The minimum Gasteiger partial charge on any atom is -0.354 e. The maximum absolute atomic E-state index is 13.2. The fraction of sp³-hybridized carbons (Fsp3) is 0.440. The van der Waals surface area contributed by atoms with Gasteiger partial charge in [0.2, 0.25) is 5.91 Å². The summed E-state index contributed by atoms with van der Waals surface area (Å²) in [5.41, 5.74) is 1.68. The van der Waals surface area contributed by atoms with E-state index >= 15 is 0 Å². The first-order valence-electron chi connectivity index (χ1n) is 11.2. The predicted molar refractivity (Wildman–Crippen MR) is 118 cm³/mol. The number of carbonyl (C=O) groups is 2. The Kier molecular flexibility index (Phi) is 6.97. The molecule has 2 aliphatic heterocycles. The highest BCUT2D eigenvalue weighted by molar-refractivity contribution is 5.94. The summed E-state index contributed by atoms with van der Waals surface area (Å²) in [4.78, 5) is 29.9. The van der Waals surface area contributed by atoms with Crippen molar-refractivity contribution in [3.05, 3.63) is 71.5 Å². The molecule has 6 heteroatoms. The van der Waals surface area contributed by atoms with Crippen molar-refractivity contribution in [1.29, 1.82) is 0 Å². The van der Waals surface area contributed by atoms with Crippen LogP contribution in [0.3, 0.4) is 0 Å². The number of nitrogens with zero attached hydrogens (tertiary/aromatic N) is 2. The van der Waals surface area contributed by atoms with Crippen LogP contribution >= 0.6 is 0 Å². The largest absolute Gasteiger partial charge is 0.354 e. The van der Waals surface area contributed by atoms with Crippen LogP contribution < -0.4 is 5.32 Å². The number of amides is 2. The van der Waals surface area contributed by atoms with Crippen LogP contribution in [-0.2, 0) is 4.79 Å². The van der Waals surface area contributed by atoms with Crippen LogP contribution in [0.25, 0.3) is 0 Å². The van der Waals surface area contributed by atoms with Crippen LogP contribution in [0.4, 0.5) is 4.39 Å². The molecule has 0 unspecified atom stereocenters. The van der Waals surface area contributed by atoms with Gasteiger partial charge in [-0.3, -0.25) is 14.5 Å². The second kappa shape index (κ2) is 10.1. The molecule has 0 saturated carbocycles. The number of benzene rings is 2. The minimum atomic E-state index is -0.363. The van der Waals surface area contributed by atoms with Crippen molar-refractivity contribution in [2.45, 2.75) is 31.7 Å². The van der Waals surface area contributed by atoms with E-state index in [1.54, 1.807) is 4.90 Å². The first-order valence-corrected chi connectivity index (χ1v) is 11.2. The van der Waals surface area contributed by atoms with Gasteiger partial charge in [-0.25, -0.2) is 4.39 Å². The van der Waals surface area contributed by atoms with E-state index in [0.29, 0.717) is 25.2 Å². The number of likely N-dealkylation sites (tertiary alicyclic amines) is 2. The predicted octanol–water partition coefficient (Wildman–Crippen LogP) is 3.63. The Balaban J connectivity index is 1.37. The maximum atomic E-state index is 13.2. The van der Waals surface area contributed by atoms with Crippen LogP contribution in [0.2, 0.25) is 0 Å². The van der Waals surface area contributed by atoms with Gasteiger partial charge < -0.3 is 10.2 Å². The number of halogens is 1. The Morgan fingerprint density at radius 3 is 2.39 bits per heavy atom. The van der Waals surface area contributed by atoms with Gasteiger partial charge >= 0.3 is 0 Å². The molecule has 2 aromatic carbocycles. The Morgan fingerprint density at radius 1 is 0.968 bits per heavy atom. The van der Waals surface area contributed by atoms with Gasteiger partial charge in [-0.2, -0.15) is 0 Å². The number of rotatable bonds is 6. The molecule has 2 saturated heterocycles. The molecule has 2 aromatic rings. The summed E-state index contributed by atoms with van der Waals surface area (Å²) in [5, 5.41) is 3.17. The summed E-state index contributed by atoms with van der Waals surface area (Å²) >= 11 is 0. The lowest BCUT2D eigenvalue weighted by Gasteiger charge is -2.33. The van der Waals surface area contributed by atoms with E-state index in [1.165, 1.54) is 42.7 Å². The zero-order valence-corrected chi connectivity index (χ0v) is 17.8. The molecule has 164 valence electrons. The van der Waals surface area contributed by atoms with E-state index in [-0.39, 0.29) is 29.6 Å². The molecular weight excluding hydrogens is 393 g/mol. The van der Waals surface area contributed by atoms with Crippen LogP contribution in [-0.4, -0.2) is 54.3 Å². The number of carbonyl (C=O) groups excluding carboxylic acids is 2. The van der Waals surface area contributed by atoms with Gasteiger partial charge in [0.25, 0.3) is 5.91 Å². The van der Waals surface area contributed by atoms with Gasteiger partial charge in [0.15, 0.2) is 0 Å². The number of piperidine rings is 1. The first-order chi connectivity index (χ1) is 15.1. The average molecular weight is 424 g/mol. The molecule has 2 aliphatic rings. The third-order valence-electron chi connectivity index (χ3n) is 6.41. The van der Waals surface area contributed by atoms with E-state index in [2.05, 4.69) is 22.3 Å². The molecule has 0 spiro atoms. The zero-order valence-electron chi connectivity index (χ0n) is 17.8. The van der Waals surface area contributed by atoms with Crippen molar-refractivity contribution in [2.24, 2.45) is 5.92 Å². The van der Waals surface area contributed by atoms with E-state index in [4.69, 9.17) is 0 Å². The molecule has 4 rings (SSSR count). The molecule has 2 atom stereocenters. The molecule has 2 heterocycles. The summed E-state index contributed by atoms with van der Waals surface area (Å²) in [7, 11) is 0. The highest BCUT2D eigenvalue weighted by Crippen LogP contribution is 2.25. The van der Waals surface area contributed by atoms with E-state index in [0.717, 1.165) is 25.9 Å². The molecule has 1 N–H and O–H groups in total. The quantitative estimate of drug-likeness (QED) is 0.772. The second-order valence-corrected chi connectivity index (χ2v) is 8.51. The third-order valence-corrected chi connectivity index (χ3v) is 6.41. The standard InChI is InChI=1S/C25H30FN3O2/c26-22-12-10-20(11-13-22)25(31)29-16-6-9-21(18-29)24(30)27-17-23(28-14-4-5-15-28)19-7-2-1-3-8-19/h1-3,7-8,10-13,21,23H,4-6,9,14-18H2,(H,27,30)/t21-,23+/m1/s1. The lowest BCUT2D eigenvalue weighted by atomic mass is 9.96. The van der Waals surface area contributed by atoms with E-state index in [1.807, 2.05) is 18.2 Å². The molecule has 2 amide bonds. The van der Waals surface area contributed by atoms with Crippen molar-refractivity contribution in [1.82, 2.24) is 15.1 Å². The van der Waals surface area contributed by atoms with E-state index < -0.39 is 0 Å². The van der Waals surface area contributed by atoms with E-state index in [9.17, 15) is 14.0 Å². The fourth-order valence-electron chi connectivity index (χ4n) is 4.68. The molecule has 0 aromatic heterocycles. The summed E-state index contributed by atoms with van der Waals surface area (Å²) in [6.07, 6.45) is 3.96. The van der Waals surface area contributed by atoms with Crippen LogP contribution in [0, 0.1) is 11.7 Å². The normalized spacial score (nSPS) is 20.4. The molecule has 0 radical (unpaired) electrons. The van der Waals surface area contributed by atoms with Crippen molar-refractivity contribution in [3.63, 3.8) is 0 Å². The van der Waals surface area contributed by atoms with Gasteiger partial charge in [0.05, 0.1) is 12.0 Å². The number of hydrogen-bond donors (Lipinski definition) is 1. The summed E-state index contributed by atoms with van der Waals surface area (Å²) < 4.78 is 13.2. The minimum absolute atomic E-state index is 0.0109. The Bertz CT molecular complexity index is 881. The second-order valence-electron chi connectivity index (χ2n) is 8.51.